The van der Waals surface area contributed by atoms with Gasteiger partial charge in [0.05, 0.1) is 0 Å². The Morgan fingerprint density at radius 1 is 1.43 bits per heavy atom. The highest BCUT2D eigenvalue weighted by molar-refractivity contribution is 5.85. The normalized spacial score (nSPS) is 20.6. The van der Waals surface area contributed by atoms with Crippen molar-refractivity contribution in [1.82, 2.24) is 5.32 Å². The number of hydrogen-bond acceptors (Lipinski definition) is 1. The number of halogens is 2. The predicted molar refractivity (Wildman–Crippen MR) is 58.4 cm³/mol. The summed E-state index contributed by atoms with van der Waals surface area (Å²) in [6.07, 6.45) is 2.32. The van der Waals surface area contributed by atoms with Crippen LogP contribution >= 0.6 is 12.4 Å². The Balaban J connectivity index is 0.000000980. The SMILES string of the molecule is Cc1ccc(F)cc1C1CCCN1.Cl. The van der Waals surface area contributed by atoms with Gasteiger partial charge < -0.3 is 5.32 Å². The minimum Gasteiger partial charge on any atom is -0.310 e. The maximum atomic E-state index is 13.0. The van der Waals surface area contributed by atoms with Gasteiger partial charge in [-0.15, -0.1) is 12.4 Å². The number of nitrogens with one attached hydrogen (secondary N) is 1. The molecule has 1 heterocycles. The van der Waals surface area contributed by atoms with Gasteiger partial charge in [0.1, 0.15) is 5.82 Å². The fraction of sp³-hybridized carbons (Fsp3) is 0.455. The molecular weight excluding hydrogens is 201 g/mol. The van der Waals surface area contributed by atoms with Crippen molar-refractivity contribution in [2.24, 2.45) is 0 Å². The molecule has 0 spiro atoms. The van der Waals surface area contributed by atoms with E-state index in [1.54, 1.807) is 6.07 Å². The third kappa shape index (κ3) is 2.25. The molecule has 1 aromatic carbocycles. The molecule has 0 aromatic heterocycles. The molecule has 1 saturated heterocycles. The van der Waals surface area contributed by atoms with Gasteiger partial charge in [0, 0.05) is 6.04 Å². The molecule has 2 rings (SSSR count). The van der Waals surface area contributed by atoms with Crippen molar-refractivity contribution in [3.63, 3.8) is 0 Å². The highest BCUT2D eigenvalue weighted by Crippen LogP contribution is 2.26. The maximum Gasteiger partial charge on any atom is 0.123 e. The first-order chi connectivity index (χ1) is 6.27. The van der Waals surface area contributed by atoms with Gasteiger partial charge in [-0.05, 0) is 49.6 Å². The quantitative estimate of drug-likeness (QED) is 0.760. The van der Waals surface area contributed by atoms with Crippen LogP contribution in [0.15, 0.2) is 18.2 Å². The van der Waals surface area contributed by atoms with Gasteiger partial charge in [-0.3, -0.25) is 0 Å². The Kier molecular flexibility index (Phi) is 3.90. The Morgan fingerprint density at radius 2 is 2.21 bits per heavy atom. The molecule has 14 heavy (non-hydrogen) atoms. The van der Waals surface area contributed by atoms with Crippen LogP contribution in [0.4, 0.5) is 4.39 Å². The topological polar surface area (TPSA) is 12.0 Å². The first-order valence-electron chi connectivity index (χ1n) is 4.77. The summed E-state index contributed by atoms with van der Waals surface area (Å²) in [5, 5.41) is 3.37. The summed E-state index contributed by atoms with van der Waals surface area (Å²) < 4.78 is 13.0. The van der Waals surface area contributed by atoms with Crippen LogP contribution in [0.25, 0.3) is 0 Å². The summed E-state index contributed by atoms with van der Waals surface area (Å²) in [6.45, 7) is 3.09. The van der Waals surface area contributed by atoms with Crippen LogP contribution in [0.1, 0.15) is 30.0 Å². The zero-order valence-electron chi connectivity index (χ0n) is 8.22. The molecule has 3 heteroatoms. The van der Waals surface area contributed by atoms with E-state index in [0.29, 0.717) is 6.04 Å². The van der Waals surface area contributed by atoms with E-state index in [4.69, 9.17) is 0 Å². The number of aryl methyl sites for hydroxylation is 1. The smallest absolute Gasteiger partial charge is 0.123 e. The molecule has 1 atom stereocenters. The van der Waals surface area contributed by atoms with Gasteiger partial charge in [0.2, 0.25) is 0 Å². The second-order valence-electron chi connectivity index (χ2n) is 3.65. The summed E-state index contributed by atoms with van der Waals surface area (Å²) in [4.78, 5) is 0. The van der Waals surface area contributed by atoms with E-state index in [9.17, 15) is 4.39 Å². The molecule has 78 valence electrons. The fourth-order valence-electron chi connectivity index (χ4n) is 1.94. The third-order valence-corrected chi connectivity index (χ3v) is 2.68. The van der Waals surface area contributed by atoms with E-state index >= 15 is 0 Å². The van der Waals surface area contributed by atoms with Crippen molar-refractivity contribution >= 4 is 12.4 Å². The van der Waals surface area contributed by atoms with Crippen LogP contribution in [0.3, 0.4) is 0 Å². The first kappa shape index (κ1) is 11.5. The molecule has 0 amide bonds. The van der Waals surface area contributed by atoms with Gasteiger partial charge in [-0.25, -0.2) is 4.39 Å². The Labute approximate surface area is 90.1 Å². The lowest BCUT2D eigenvalue weighted by Gasteiger charge is -2.13. The number of benzene rings is 1. The zero-order chi connectivity index (χ0) is 9.26. The second kappa shape index (κ2) is 4.76. The van der Waals surface area contributed by atoms with Crippen molar-refractivity contribution < 1.29 is 4.39 Å². The molecule has 0 radical (unpaired) electrons. The molecule has 0 aliphatic carbocycles. The van der Waals surface area contributed by atoms with E-state index in [-0.39, 0.29) is 18.2 Å². The van der Waals surface area contributed by atoms with Crippen molar-refractivity contribution in [3.05, 3.63) is 35.1 Å². The first-order valence-corrected chi connectivity index (χ1v) is 4.77. The van der Waals surface area contributed by atoms with E-state index in [0.717, 1.165) is 18.5 Å². The highest BCUT2D eigenvalue weighted by Gasteiger charge is 2.17. The van der Waals surface area contributed by atoms with Crippen LogP contribution in [0.5, 0.6) is 0 Å². The van der Waals surface area contributed by atoms with Crippen molar-refractivity contribution in [3.8, 4) is 0 Å². The highest BCUT2D eigenvalue weighted by atomic mass is 35.5. The third-order valence-electron chi connectivity index (χ3n) is 2.68. The van der Waals surface area contributed by atoms with Crippen molar-refractivity contribution in [1.29, 1.82) is 0 Å². The summed E-state index contributed by atoms with van der Waals surface area (Å²) >= 11 is 0. The van der Waals surface area contributed by atoms with Crippen molar-refractivity contribution in [2.45, 2.75) is 25.8 Å². The molecule has 1 aliphatic rings. The van der Waals surface area contributed by atoms with E-state index in [2.05, 4.69) is 5.32 Å². The molecule has 1 fully saturated rings. The Hall–Kier alpha value is -0.600. The maximum absolute atomic E-state index is 13.0. The van der Waals surface area contributed by atoms with Gasteiger partial charge in [-0.2, -0.15) is 0 Å². The fourth-order valence-corrected chi connectivity index (χ4v) is 1.94. The largest absolute Gasteiger partial charge is 0.310 e. The van der Waals surface area contributed by atoms with Gasteiger partial charge in [0.15, 0.2) is 0 Å². The molecule has 1 unspecified atom stereocenters. The molecule has 1 aromatic rings. The number of hydrogen-bond donors (Lipinski definition) is 1. The van der Waals surface area contributed by atoms with Crippen LogP contribution in [-0.2, 0) is 0 Å². The molecule has 1 nitrogen and oxygen atoms in total. The molecular formula is C11H15ClFN. The Bertz CT molecular complexity index is 308. The van der Waals surface area contributed by atoms with Gasteiger partial charge in [-0.1, -0.05) is 6.07 Å². The van der Waals surface area contributed by atoms with E-state index < -0.39 is 0 Å². The predicted octanol–water partition coefficient (Wildman–Crippen LogP) is 2.98. The average molecular weight is 216 g/mol. The summed E-state index contributed by atoms with van der Waals surface area (Å²) in [6, 6.07) is 5.40. The summed E-state index contributed by atoms with van der Waals surface area (Å²) in [7, 11) is 0. The monoisotopic (exact) mass is 215 g/mol. The minimum absolute atomic E-state index is 0. The molecule has 0 saturated carbocycles. The lowest BCUT2D eigenvalue weighted by molar-refractivity contribution is 0.604. The zero-order valence-corrected chi connectivity index (χ0v) is 9.03. The van der Waals surface area contributed by atoms with Crippen LogP contribution < -0.4 is 5.32 Å². The minimum atomic E-state index is -0.130. The van der Waals surface area contributed by atoms with Gasteiger partial charge >= 0.3 is 0 Å². The van der Waals surface area contributed by atoms with Gasteiger partial charge in [0.25, 0.3) is 0 Å². The van der Waals surface area contributed by atoms with E-state index in [1.165, 1.54) is 18.1 Å². The van der Waals surface area contributed by atoms with Crippen LogP contribution in [-0.4, -0.2) is 6.54 Å². The lowest BCUT2D eigenvalue weighted by Crippen LogP contribution is -2.14. The molecule has 0 bridgehead atoms. The van der Waals surface area contributed by atoms with Crippen molar-refractivity contribution in [2.75, 3.05) is 6.54 Å². The molecule has 1 N–H and O–H groups in total. The summed E-state index contributed by atoms with van der Waals surface area (Å²) in [5.74, 6) is -0.130. The standard InChI is InChI=1S/C11H14FN.ClH/c1-8-4-5-9(12)7-10(8)11-3-2-6-13-11;/h4-5,7,11,13H,2-3,6H2,1H3;1H. The molecule has 1 aliphatic heterocycles. The Morgan fingerprint density at radius 3 is 2.86 bits per heavy atom. The van der Waals surface area contributed by atoms with E-state index in [1.807, 2.05) is 13.0 Å². The van der Waals surface area contributed by atoms with Crippen LogP contribution in [0, 0.1) is 12.7 Å². The second-order valence-corrected chi connectivity index (χ2v) is 3.65. The average Bonchev–Trinajstić information content (AvgIpc) is 2.61. The lowest BCUT2D eigenvalue weighted by atomic mass is 10.00. The van der Waals surface area contributed by atoms with Crippen LogP contribution in [0.2, 0.25) is 0 Å². The summed E-state index contributed by atoms with van der Waals surface area (Å²) in [5.41, 5.74) is 2.30. The number of rotatable bonds is 1.